The van der Waals surface area contributed by atoms with Gasteiger partial charge in [0.2, 0.25) is 0 Å². The van der Waals surface area contributed by atoms with Gasteiger partial charge in [0.25, 0.3) is 5.56 Å². The van der Waals surface area contributed by atoms with Crippen LogP contribution < -0.4 is 16.6 Å². The van der Waals surface area contributed by atoms with Gasteiger partial charge in [0, 0.05) is 25.1 Å². The van der Waals surface area contributed by atoms with E-state index in [9.17, 15) is 4.79 Å². The van der Waals surface area contributed by atoms with Crippen LogP contribution in [0.5, 0.6) is 0 Å². The Hall–Kier alpha value is -1.11. The van der Waals surface area contributed by atoms with Crippen molar-refractivity contribution in [3.63, 3.8) is 0 Å². The molecular weight excluding hydrogens is 292 g/mol. The van der Waals surface area contributed by atoms with Crippen molar-refractivity contribution in [3.05, 3.63) is 21.6 Å². The predicted octanol–water partition coefficient (Wildman–Crippen LogP) is 1.22. The second-order valence-corrected chi connectivity index (χ2v) is 6.17. The van der Waals surface area contributed by atoms with E-state index in [1.165, 1.54) is 4.68 Å². The van der Waals surface area contributed by atoms with Crippen LogP contribution >= 0.6 is 11.6 Å². The third-order valence-corrected chi connectivity index (χ3v) is 4.84. The first-order valence-electron chi connectivity index (χ1n) is 7.52. The Kier molecular flexibility index (Phi) is 4.19. The van der Waals surface area contributed by atoms with Crippen LogP contribution in [-0.2, 0) is 11.3 Å². The van der Waals surface area contributed by atoms with E-state index in [-0.39, 0.29) is 28.8 Å². The summed E-state index contributed by atoms with van der Waals surface area (Å²) in [7, 11) is 0. The molecule has 116 valence electrons. The number of aromatic nitrogens is 2. The van der Waals surface area contributed by atoms with E-state index in [1.807, 2.05) is 0 Å². The van der Waals surface area contributed by atoms with Gasteiger partial charge in [-0.05, 0) is 12.8 Å². The Morgan fingerprint density at radius 3 is 3.19 bits per heavy atom. The van der Waals surface area contributed by atoms with Crippen molar-refractivity contribution in [3.8, 4) is 0 Å². The number of rotatable bonds is 5. The minimum atomic E-state index is -0.257. The molecule has 1 saturated heterocycles. The predicted molar refractivity (Wildman–Crippen MR) is 81.6 cm³/mol. The summed E-state index contributed by atoms with van der Waals surface area (Å²) in [6, 6.07) is 0.0405. The summed E-state index contributed by atoms with van der Waals surface area (Å²) in [5.74, 6) is 0.416. The zero-order chi connectivity index (χ0) is 15.0. The zero-order valence-corrected chi connectivity index (χ0v) is 12.8. The van der Waals surface area contributed by atoms with E-state index in [4.69, 9.17) is 22.1 Å². The molecule has 1 aromatic rings. The summed E-state index contributed by atoms with van der Waals surface area (Å²) in [4.78, 5) is 12.2. The Balaban J connectivity index is 1.74. The molecule has 0 amide bonds. The summed E-state index contributed by atoms with van der Waals surface area (Å²) in [6.07, 6.45) is 4.64. The number of halogens is 1. The van der Waals surface area contributed by atoms with E-state index in [2.05, 4.69) is 17.3 Å². The van der Waals surface area contributed by atoms with Crippen molar-refractivity contribution < 1.29 is 4.74 Å². The van der Waals surface area contributed by atoms with Crippen molar-refractivity contribution in [1.82, 2.24) is 9.78 Å². The Labute approximate surface area is 128 Å². The number of nitrogens with one attached hydrogen (secondary N) is 1. The second-order valence-electron chi connectivity index (χ2n) is 5.79. The van der Waals surface area contributed by atoms with Crippen molar-refractivity contribution in [2.24, 2.45) is 11.7 Å². The van der Waals surface area contributed by atoms with Crippen molar-refractivity contribution in [1.29, 1.82) is 0 Å². The first kappa shape index (κ1) is 14.8. The normalized spacial score (nSPS) is 30.8. The van der Waals surface area contributed by atoms with Gasteiger partial charge in [-0.2, -0.15) is 5.10 Å². The number of hydrogen-bond acceptors (Lipinski definition) is 5. The monoisotopic (exact) mass is 312 g/mol. The Bertz CT molecular complexity index is 577. The van der Waals surface area contributed by atoms with Gasteiger partial charge in [0.1, 0.15) is 5.02 Å². The highest BCUT2D eigenvalue weighted by Gasteiger charge is 2.52. The maximum Gasteiger partial charge on any atom is 0.287 e. The number of nitrogens with two attached hydrogens (primary N) is 1. The summed E-state index contributed by atoms with van der Waals surface area (Å²) < 4.78 is 7.07. The largest absolute Gasteiger partial charge is 0.376 e. The molecule has 3 rings (SSSR count). The van der Waals surface area contributed by atoms with Gasteiger partial charge in [-0.3, -0.25) is 4.79 Å². The van der Waals surface area contributed by atoms with Gasteiger partial charge in [-0.1, -0.05) is 24.9 Å². The van der Waals surface area contributed by atoms with E-state index >= 15 is 0 Å². The zero-order valence-electron chi connectivity index (χ0n) is 12.1. The quantitative estimate of drug-likeness (QED) is 0.854. The highest BCUT2D eigenvalue weighted by molar-refractivity contribution is 6.32. The fourth-order valence-electron chi connectivity index (χ4n) is 3.14. The number of nitrogens with zero attached hydrogens (tertiary/aromatic N) is 2. The maximum atomic E-state index is 12.2. The number of ether oxygens (including phenoxy) is 1. The summed E-state index contributed by atoms with van der Waals surface area (Å²) in [6.45, 7) is 3.41. The third-order valence-electron chi connectivity index (χ3n) is 4.48. The molecule has 1 aromatic heterocycles. The molecule has 1 aliphatic heterocycles. The van der Waals surface area contributed by atoms with E-state index in [0.717, 1.165) is 25.9 Å². The molecule has 1 aliphatic carbocycles. The standard InChI is InChI=1S/C14H21ClN4O2/c1-2-3-5-19-14(20)10(15)9(7-17-19)18-12-11(16)8-4-6-21-13(8)12/h7-8,11-13,18H,2-6,16H2,1H3. The van der Waals surface area contributed by atoms with Gasteiger partial charge < -0.3 is 15.8 Å². The van der Waals surface area contributed by atoms with E-state index in [1.54, 1.807) is 6.20 Å². The first-order valence-corrected chi connectivity index (χ1v) is 7.90. The summed E-state index contributed by atoms with van der Waals surface area (Å²) in [5.41, 5.74) is 6.44. The lowest BCUT2D eigenvalue weighted by molar-refractivity contribution is 0.00536. The van der Waals surface area contributed by atoms with Gasteiger partial charge in [-0.25, -0.2) is 4.68 Å². The lowest BCUT2D eigenvalue weighted by Gasteiger charge is -2.46. The molecule has 2 heterocycles. The smallest absolute Gasteiger partial charge is 0.287 e. The molecule has 0 spiro atoms. The van der Waals surface area contributed by atoms with Crippen molar-refractivity contribution in [2.45, 2.75) is 50.9 Å². The Morgan fingerprint density at radius 1 is 1.62 bits per heavy atom. The fraction of sp³-hybridized carbons (Fsp3) is 0.714. The highest BCUT2D eigenvalue weighted by atomic mass is 35.5. The van der Waals surface area contributed by atoms with Gasteiger partial charge in [0.15, 0.2) is 0 Å². The van der Waals surface area contributed by atoms with Crippen LogP contribution in [0.4, 0.5) is 5.69 Å². The minimum absolute atomic E-state index is 0.00249. The molecule has 6 nitrogen and oxygen atoms in total. The number of unbranched alkanes of at least 4 members (excludes halogenated alkanes) is 1. The number of anilines is 1. The molecular formula is C14H21ClN4O2. The van der Waals surface area contributed by atoms with Crippen molar-refractivity contribution in [2.75, 3.05) is 11.9 Å². The van der Waals surface area contributed by atoms with E-state index in [0.29, 0.717) is 18.2 Å². The van der Waals surface area contributed by atoms with Crippen LogP contribution in [0.25, 0.3) is 0 Å². The number of hydrogen-bond donors (Lipinski definition) is 2. The first-order chi connectivity index (χ1) is 10.1. The van der Waals surface area contributed by atoms with Crippen molar-refractivity contribution >= 4 is 17.3 Å². The lowest BCUT2D eigenvalue weighted by Crippen LogP contribution is -2.65. The Morgan fingerprint density at radius 2 is 2.43 bits per heavy atom. The highest BCUT2D eigenvalue weighted by Crippen LogP contribution is 2.39. The second kappa shape index (κ2) is 5.94. The molecule has 2 aliphatic rings. The average molecular weight is 313 g/mol. The lowest BCUT2D eigenvalue weighted by atomic mass is 9.72. The van der Waals surface area contributed by atoms with Gasteiger partial charge in [-0.15, -0.1) is 0 Å². The molecule has 4 unspecified atom stereocenters. The fourth-order valence-corrected chi connectivity index (χ4v) is 3.34. The summed E-state index contributed by atoms with van der Waals surface area (Å²) in [5, 5.41) is 7.58. The molecule has 0 aromatic carbocycles. The van der Waals surface area contributed by atoms with Gasteiger partial charge >= 0.3 is 0 Å². The summed E-state index contributed by atoms with van der Waals surface area (Å²) >= 11 is 6.18. The van der Waals surface area contributed by atoms with Crippen LogP contribution in [0.2, 0.25) is 5.02 Å². The molecule has 21 heavy (non-hydrogen) atoms. The molecule has 2 fully saturated rings. The number of fused-ring (bicyclic) bond motifs is 1. The minimum Gasteiger partial charge on any atom is -0.376 e. The maximum absolute atomic E-state index is 12.2. The number of aryl methyl sites for hydroxylation is 1. The van der Waals surface area contributed by atoms with Crippen LogP contribution in [0.15, 0.2) is 11.0 Å². The molecule has 3 N–H and O–H groups in total. The SMILES string of the molecule is CCCCn1ncc(NC2C(N)C3CCOC32)c(Cl)c1=O. The molecule has 7 heteroatoms. The van der Waals surface area contributed by atoms with Crippen LogP contribution in [0, 0.1) is 5.92 Å². The molecule has 0 bridgehead atoms. The van der Waals surface area contributed by atoms with Crippen LogP contribution in [-0.4, -0.2) is 34.6 Å². The van der Waals surface area contributed by atoms with Gasteiger partial charge in [0.05, 0.1) is 24.0 Å². The third kappa shape index (κ3) is 2.56. The van der Waals surface area contributed by atoms with E-state index < -0.39 is 0 Å². The topological polar surface area (TPSA) is 82.2 Å². The average Bonchev–Trinajstić information content (AvgIpc) is 2.92. The van der Waals surface area contributed by atoms with Crippen LogP contribution in [0.3, 0.4) is 0 Å². The molecule has 0 radical (unpaired) electrons. The molecule has 1 saturated carbocycles. The molecule has 4 atom stereocenters. The van der Waals surface area contributed by atoms with Crippen LogP contribution in [0.1, 0.15) is 26.2 Å².